The maximum Gasteiger partial charge on any atom is 0.262 e. The molecule has 0 bridgehead atoms. The normalized spacial score (nSPS) is 11.1. The molecule has 0 aromatic heterocycles. The Bertz CT molecular complexity index is 1220. The van der Waals surface area contributed by atoms with E-state index in [0.717, 1.165) is 0 Å². The molecule has 3 rings (SSSR count). The third kappa shape index (κ3) is 5.83. The molecule has 3 aromatic carbocycles. The summed E-state index contributed by atoms with van der Waals surface area (Å²) in [4.78, 5) is 12.5. The summed E-state index contributed by atoms with van der Waals surface area (Å²) in [6.45, 7) is 2.10. The second kappa shape index (κ2) is 9.78. The van der Waals surface area contributed by atoms with Gasteiger partial charge in [0.05, 0.1) is 27.9 Å². The maximum atomic E-state index is 12.9. The van der Waals surface area contributed by atoms with Gasteiger partial charge in [-0.15, -0.1) is 0 Å². The number of benzene rings is 3. The molecule has 0 radical (unpaired) electrons. The Hall–Kier alpha value is -2.45. The van der Waals surface area contributed by atoms with Crippen LogP contribution in [0.15, 0.2) is 65.6 Å². The Morgan fingerprint density at radius 1 is 0.903 bits per heavy atom. The highest BCUT2D eigenvalue weighted by Crippen LogP contribution is 2.31. The first kappa shape index (κ1) is 23.2. The number of hydrogen-bond acceptors (Lipinski definition) is 4. The molecule has 0 spiro atoms. The molecule has 0 heterocycles. The molecule has 6 nitrogen and oxygen atoms in total. The SMILES string of the molecule is CCOc1ccc(S(=O)(=O)Nc2cc(Cl)ccc2Cl)cc1NC(=O)c1ccc(Cl)cc1. The highest BCUT2D eigenvalue weighted by atomic mass is 35.5. The number of carbonyl (C=O) groups is 1. The topological polar surface area (TPSA) is 84.5 Å². The van der Waals surface area contributed by atoms with E-state index in [1.165, 1.54) is 30.3 Å². The van der Waals surface area contributed by atoms with Gasteiger partial charge in [0, 0.05) is 15.6 Å². The number of rotatable bonds is 7. The number of carbonyl (C=O) groups excluding carboxylic acids is 1. The van der Waals surface area contributed by atoms with Gasteiger partial charge in [-0.25, -0.2) is 8.42 Å². The van der Waals surface area contributed by atoms with Crippen molar-refractivity contribution in [3.63, 3.8) is 0 Å². The van der Waals surface area contributed by atoms with Crippen LogP contribution >= 0.6 is 34.8 Å². The van der Waals surface area contributed by atoms with Crippen LogP contribution in [-0.4, -0.2) is 20.9 Å². The number of nitrogens with one attached hydrogen (secondary N) is 2. The zero-order chi connectivity index (χ0) is 22.6. The lowest BCUT2D eigenvalue weighted by Gasteiger charge is -2.15. The van der Waals surface area contributed by atoms with Crippen molar-refractivity contribution < 1.29 is 17.9 Å². The van der Waals surface area contributed by atoms with Crippen LogP contribution in [0.4, 0.5) is 11.4 Å². The Morgan fingerprint density at radius 2 is 1.58 bits per heavy atom. The van der Waals surface area contributed by atoms with Crippen molar-refractivity contribution in [1.82, 2.24) is 0 Å². The minimum absolute atomic E-state index is 0.0987. The van der Waals surface area contributed by atoms with Crippen molar-refractivity contribution in [3.05, 3.63) is 81.3 Å². The molecule has 0 fully saturated rings. The molecule has 3 aromatic rings. The molecule has 10 heteroatoms. The van der Waals surface area contributed by atoms with E-state index in [2.05, 4.69) is 10.0 Å². The van der Waals surface area contributed by atoms with Crippen LogP contribution in [0.25, 0.3) is 0 Å². The molecule has 0 aliphatic carbocycles. The number of amides is 1. The lowest BCUT2D eigenvalue weighted by Crippen LogP contribution is -2.16. The summed E-state index contributed by atoms with van der Waals surface area (Å²) in [7, 11) is -4.03. The van der Waals surface area contributed by atoms with Gasteiger partial charge in [-0.3, -0.25) is 9.52 Å². The molecule has 0 saturated heterocycles. The Labute approximate surface area is 195 Å². The van der Waals surface area contributed by atoms with E-state index >= 15 is 0 Å². The third-order valence-corrected chi connectivity index (χ3v) is 6.27. The van der Waals surface area contributed by atoms with Crippen molar-refractivity contribution in [3.8, 4) is 5.75 Å². The van der Waals surface area contributed by atoms with Gasteiger partial charge in [0.15, 0.2) is 0 Å². The van der Waals surface area contributed by atoms with Gasteiger partial charge in [0.2, 0.25) is 0 Å². The molecule has 0 atom stereocenters. The lowest BCUT2D eigenvalue weighted by atomic mass is 10.2. The van der Waals surface area contributed by atoms with E-state index in [1.54, 1.807) is 37.3 Å². The molecular formula is C21H17Cl3N2O4S. The number of anilines is 2. The summed E-state index contributed by atoms with van der Waals surface area (Å²) in [6.07, 6.45) is 0. The van der Waals surface area contributed by atoms with E-state index in [4.69, 9.17) is 39.5 Å². The first-order valence-corrected chi connectivity index (χ1v) is 11.6. The molecule has 1 amide bonds. The highest BCUT2D eigenvalue weighted by molar-refractivity contribution is 7.92. The summed E-state index contributed by atoms with van der Waals surface area (Å²) < 4.78 is 33.7. The zero-order valence-corrected chi connectivity index (χ0v) is 19.2. The van der Waals surface area contributed by atoms with Gasteiger partial charge < -0.3 is 10.1 Å². The Morgan fingerprint density at radius 3 is 2.26 bits per heavy atom. The van der Waals surface area contributed by atoms with Gasteiger partial charge in [0.25, 0.3) is 15.9 Å². The van der Waals surface area contributed by atoms with E-state index in [9.17, 15) is 13.2 Å². The van der Waals surface area contributed by atoms with E-state index in [1.807, 2.05) is 0 Å². The monoisotopic (exact) mass is 498 g/mol. The van der Waals surface area contributed by atoms with Crippen LogP contribution in [0, 0.1) is 0 Å². The van der Waals surface area contributed by atoms with Crippen molar-refractivity contribution in [2.75, 3.05) is 16.6 Å². The number of ether oxygens (including phenoxy) is 1. The average molecular weight is 500 g/mol. The smallest absolute Gasteiger partial charge is 0.262 e. The van der Waals surface area contributed by atoms with E-state index < -0.39 is 15.9 Å². The van der Waals surface area contributed by atoms with E-state index in [-0.39, 0.29) is 21.3 Å². The predicted octanol–water partition coefficient (Wildman–Crippen LogP) is 6.10. The molecule has 0 aliphatic heterocycles. The fourth-order valence-corrected chi connectivity index (χ4v) is 4.25. The largest absolute Gasteiger partial charge is 0.492 e. The lowest BCUT2D eigenvalue weighted by molar-refractivity contribution is 0.102. The molecule has 2 N–H and O–H groups in total. The molecule has 0 unspecified atom stereocenters. The van der Waals surface area contributed by atoms with Crippen LogP contribution < -0.4 is 14.8 Å². The maximum absolute atomic E-state index is 12.9. The van der Waals surface area contributed by atoms with Gasteiger partial charge in [-0.1, -0.05) is 34.8 Å². The summed E-state index contributed by atoms with van der Waals surface area (Å²) in [6, 6.07) is 14.8. The minimum Gasteiger partial charge on any atom is -0.492 e. The van der Waals surface area contributed by atoms with Gasteiger partial charge in [0.1, 0.15) is 5.75 Å². The minimum atomic E-state index is -4.03. The van der Waals surface area contributed by atoms with Gasteiger partial charge in [-0.05, 0) is 67.6 Å². The van der Waals surface area contributed by atoms with Crippen molar-refractivity contribution in [2.24, 2.45) is 0 Å². The fraction of sp³-hybridized carbons (Fsp3) is 0.0952. The molecule has 0 aliphatic rings. The van der Waals surface area contributed by atoms with Gasteiger partial charge >= 0.3 is 0 Å². The van der Waals surface area contributed by atoms with Crippen molar-refractivity contribution in [2.45, 2.75) is 11.8 Å². The molecule has 31 heavy (non-hydrogen) atoms. The van der Waals surface area contributed by atoms with Crippen LogP contribution in [0.2, 0.25) is 15.1 Å². The molecule has 162 valence electrons. The van der Waals surface area contributed by atoms with Crippen molar-refractivity contribution >= 4 is 62.1 Å². The number of halogens is 3. The van der Waals surface area contributed by atoms with Crippen LogP contribution in [0.5, 0.6) is 5.75 Å². The van der Waals surface area contributed by atoms with E-state index in [0.29, 0.717) is 28.0 Å². The second-order valence-corrected chi connectivity index (χ2v) is 9.24. The number of sulfonamides is 1. The molecular weight excluding hydrogens is 483 g/mol. The third-order valence-electron chi connectivity index (χ3n) is 4.09. The average Bonchev–Trinajstić information content (AvgIpc) is 2.72. The summed E-state index contributed by atoms with van der Waals surface area (Å²) >= 11 is 17.9. The zero-order valence-electron chi connectivity index (χ0n) is 16.2. The van der Waals surface area contributed by atoms with Crippen LogP contribution in [0.1, 0.15) is 17.3 Å². The quantitative estimate of drug-likeness (QED) is 0.411. The van der Waals surface area contributed by atoms with Crippen LogP contribution in [-0.2, 0) is 10.0 Å². The summed E-state index contributed by atoms with van der Waals surface area (Å²) in [5, 5.41) is 3.69. The first-order valence-electron chi connectivity index (χ1n) is 9.01. The molecule has 0 saturated carbocycles. The first-order chi connectivity index (χ1) is 14.7. The highest BCUT2D eigenvalue weighted by Gasteiger charge is 2.20. The summed E-state index contributed by atoms with van der Waals surface area (Å²) in [5.41, 5.74) is 0.681. The van der Waals surface area contributed by atoms with Crippen molar-refractivity contribution in [1.29, 1.82) is 0 Å². The number of hydrogen-bond donors (Lipinski definition) is 2. The predicted molar refractivity (Wildman–Crippen MR) is 124 cm³/mol. The second-order valence-electron chi connectivity index (χ2n) is 6.28. The van der Waals surface area contributed by atoms with Crippen LogP contribution in [0.3, 0.4) is 0 Å². The Balaban J connectivity index is 1.93. The van der Waals surface area contributed by atoms with Gasteiger partial charge in [-0.2, -0.15) is 0 Å². The Kier molecular flexibility index (Phi) is 7.33. The standard InChI is InChI=1S/C21H17Cl3N2O4S/c1-2-30-20-10-8-16(31(28,29)26-18-11-15(23)7-9-17(18)24)12-19(20)25-21(27)13-3-5-14(22)6-4-13/h3-12,26H,2H2,1H3,(H,25,27). The summed E-state index contributed by atoms with van der Waals surface area (Å²) in [5.74, 6) is -0.123. The fourth-order valence-electron chi connectivity index (χ4n) is 2.63.